The van der Waals surface area contributed by atoms with E-state index in [1.165, 1.54) is 25.7 Å². The van der Waals surface area contributed by atoms with E-state index in [4.69, 9.17) is 19.2 Å². The molecule has 2 unspecified atom stereocenters. The Labute approximate surface area is 228 Å². The predicted octanol–water partition coefficient (Wildman–Crippen LogP) is 5.89. The summed E-state index contributed by atoms with van der Waals surface area (Å²) in [6, 6.07) is 14.5. The molecule has 38 heavy (non-hydrogen) atoms. The number of carbonyl (C=O) groups excluding carboxylic acids is 1. The van der Waals surface area contributed by atoms with Gasteiger partial charge in [-0.3, -0.25) is 4.79 Å². The van der Waals surface area contributed by atoms with Crippen molar-refractivity contribution in [2.24, 2.45) is 5.92 Å². The first-order chi connectivity index (χ1) is 18.4. The van der Waals surface area contributed by atoms with Crippen molar-refractivity contribution in [1.29, 1.82) is 0 Å². The molecule has 3 aliphatic rings. The van der Waals surface area contributed by atoms with E-state index in [0.717, 1.165) is 22.7 Å². The Morgan fingerprint density at radius 1 is 1.18 bits per heavy atom. The van der Waals surface area contributed by atoms with Crippen LogP contribution in [0.2, 0.25) is 0 Å². The van der Waals surface area contributed by atoms with Crippen LogP contribution in [0.1, 0.15) is 61.3 Å². The van der Waals surface area contributed by atoms with Crippen LogP contribution in [0.3, 0.4) is 0 Å². The van der Waals surface area contributed by atoms with Crippen molar-refractivity contribution < 1.29 is 19.0 Å². The molecule has 1 saturated heterocycles. The summed E-state index contributed by atoms with van der Waals surface area (Å²) in [5.41, 5.74) is 2.55. The minimum atomic E-state index is -0.810. The number of methoxy groups -OCH3 is 1. The quantitative estimate of drug-likeness (QED) is 0.408. The molecular formula is C30H35N3O4S. The number of fused-ring (bicyclic) bond motifs is 2. The number of thiazole rings is 1. The molecule has 200 valence electrons. The maximum absolute atomic E-state index is 14.1. The van der Waals surface area contributed by atoms with Crippen LogP contribution >= 0.6 is 11.3 Å². The number of carbonyl (C=O) groups is 1. The highest BCUT2D eigenvalue weighted by atomic mass is 32.1. The molecule has 1 N–H and O–H groups in total. The molecular weight excluding hydrogens is 498 g/mol. The third kappa shape index (κ3) is 5.12. The Kier molecular flexibility index (Phi) is 6.78. The molecule has 3 atom stereocenters. The normalized spacial score (nSPS) is 23.2. The SMILES string of the molecule is COc1cc(C(=O)N(Cc2nc(-c3ccccc3)cs2)C[C@@H]2CC3CCCCC3N2)cc2c1OC(C)(C)O2. The fraction of sp³-hybridized carbons (Fsp3) is 0.467. The van der Waals surface area contributed by atoms with Crippen LogP contribution in [-0.4, -0.2) is 47.3 Å². The van der Waals surface area contributed by atoms with Crippen molar-refractivity contribution in [1.82, 2.24) is 15.2 Å². The lowest BCUT2D eigenvalue weighted by Gasteiger charge is -2.26. The molecule has 2 aromatic carbocycles. The summed E-state index contributed by atoms with van der Waals surface area (Å²) < 4.78 is 17.5. The summed E-state index contributed by atoms with van der Waals surface area (Å²) in [5, 5.41) is 6.83. The lowest BCUT2D eigenvalue weighted by molar-refractivity contribution is -0.0439. The number of nitrogens with one attached hydrogen (secondary N) is 1. The van der Waals surface area contributed by atoms with Gasteiger partial charge in [-0.1, -0.05) is 43.2 Å². The van der Waals surface area contributed by atoms with Crippen molar-refractivity contribution in [3.05, 3.63) is 58.4 Å². The molecule has 0 spiro atoms. The van der Waals surface area contributed by atoms with Gasteiger partial charge in [0.05, 0.1) is 19.3 Å². The monoisotopic (exact) mass is 533 g/mol. The van der Waals surface area contributed by atoms with E-state index in [1.54, 1.807) is 30.6 Å². The zero-order valence-electron chi connectivity index (χ0n) is 22.2. The summed E-state index contributed by atoms with van der Waals surface area (Å²) >= 11 is 1.60. The minimum Gasteiger partial charge on any atom is -0.493 e. The lowest BCUT2D eigenvalue weighted by atomic mass is 9.85. The third-order valence-corrected chi connectivity index (χ3v) is 8.65. The number of ether oxygens (including phenoxy) is 3. The topological polar surface area (TPSA) is 72.9 Å². The van der Waals surface area contributed by atoms with Gasteiger partial charge >= 0.3 is 0 Å². The Hall–Kier alpha value is -3.10. The van der Waals surface area contributed by atoms with Crippen molar-refractivity contribution in [3.63, 3.8) is 0 Å². The fourth-order valence-electron chi connectivity index (χ4n) is 6.09. The largest absolute Gasteiger partial charge is 0.493 e. The number of nitrogens with zero attached hydrogens (tertiary/aromatic N) is 2. The summed E-state index contributed by atoms with van der Waals surface area (Å²) in [6.45, 7) is 4.77. The molecule has 1 saturated carbocycles. The number of rotatable bonds is 7. The standard InChI is InChI=1S/C30H35N3O4S/c1-30(2)36-26-15-21(14-25(35-3)28(26)37-30)29(34)33(16-22-13-20-11-7-8-12-23(20)31-22)17-27-32-24(18-38-27)19-9-5-4-6-10-19/h4-6,9-10,14-15,18,20,22-23,31H,7-8,11-13,16-17H2,1-3H3/t20?,22-,23?/m0/s1. The maximum Gasteiger partial charge on any atom is 0.254 e. The van der Waals surface area contributed by atoms with Crippen LogP contribution in [0.15, 0.2) is 47.8 Å². The number of aromatic nitrogens is 1. The second kappa shape index (κ2) is 10.2. The highest BCUT2D eigenvalue weighted by Crippen LogP contribution is 2.47. The molecule has 2 aliphatic heterocycles. The number of benzene rings is 2. The molecule has 1 amide bonds. The number of amides is 1. The molecule has 3 aromatic rings. The number of hydrogen-bond donors (Lipinski definition) is 1. The smallest absolute Gasteiger partial charge is 0.254 e. The average molecular weight is 534 g/mol. The van der Waals surface area contributed by atoms with E-state index in [-0.39, 0.29) is 11.9 Å². The van der Waals surface area contributed by atoms with E-state index in [0.29, 0.717) is 47.9 Å². The second-order valence-electron chi connectivity index (χ2n) is 11.0. The molecule has 0 radical (unpaired) electrons. The zero-order chi connectivity index (χ0) is 26.3. The van der Waals surface area contributed by atoms with Gasteiger partial charge in [0.25, 0.3) is 5.91 Å². The van der Waals surface area contributed by atoms with Gasteiger partial charge in [0.1, 0.15) is 5.01 Å². The van der Waals surface area contributed by atoms with E-state index < -0.39 is 5.79 Å². The predicted molar refractivity (Wildman–Crippen MR) is 148 cm³/mol. The molecule has 1 aromatic heterocycles. The van der Waals surface area contributed by atoms with Gasteiger partial charge in [-0.15, -0.1) is 11.3 Å². The first-order valence-corrected chi connectivity index (χ1v) is 14.4. The molecule has 3 heterocycles. The first kappa shape index (κ1) is 25.2. The van der Waals surface area contributed by atoms with Crippen molar-refractivity contribution in [2.75, 3.05) is 13.7 Å². The van der Waals surface area contributed by atoms with Crippen LogP contribution in [0, 0.1) is 5.92 Å². The van der Waals surface area contributed by atoms with Crippen LogP contribution in [0.4, 0.5) is 0 Å². The molecule has 8 heteroatoms. The van der Waals surface area contributed by atoms with Gasteiger partial charge in [0.15, 0.2) is 11.5 Å². The molecule has 0 bridgehead atoms. The Bertz CT molecular complexity index is 1290. The van der Waals surface area contributed by atoms with Gasteiger partial charge < -0.3 is 24.4 Å². The van der Waals surface area contributed by atoms with Crippen LogP contribution < -0.4 is 19.5 Å². The lowest BCUT2D eigenvalue weighted by Crippen LogP contribution is -2.42. The van der Waals surface area contributed by atoms with Crippen LogP contribution in [0.5, 0.6) is 17.2 Å². The van der Waals surface area contributed by atoms with Gasteiger partial charge in [-0.2, -0.15) is 0 Å². The summed E-state index contributed by atoms with van der Waals surface area (Å²) in [4.78, 5) is 20.9. The van der Waals surface area contributed by atoms with Crippen LogP contribution in [-0.2, 0) is 6.54 Å². The van der Waals surface area contributed by atoms with E-state index in [9.17, 15) is 4.79 Å². The van der Waals surface area contributed by atoms with Crippen molar-refractivity contribution >= 4 is 17.2 Å². The fourth-order valence-corrected chi connectivity index (χ4v) is 6.91. The van der Waals surface area contributed by atoms with Crippen LogP contribution in [0.25, 0.3) is 11.3 Å². The van der Waals surface area contributed by atoms with Gasteiger partial charge in [0.2, 0.25) is 11.5 Å². The van der Waals surface area contributed by atoms with Gasteiger partial charge in [0, 0.05) is 49.0 Å². The first-order valence-electron chi connectivity index (χ1n) is 13.5. The summed E-state index contributed by atoms with van der Waals surface area (Å²) in [6.07, 6.45) is 6.23. The number of hydrogen-bond acceptors (Lipinski definition) is 7. The summed E-state index contributed by atoms with van der Waals surface area (Å²) in [5.74, 6) is 1.41. The highest BCUT2D eigenvalue weighted by Gasteiger charge is 2.38. The summed E-state index contributed by atoms with van der Waals surface area (Å²) in [7, 11) is 1.58. The highest BCUT2D eigenvalue weighted by molar-refractivity contribution is 7.09. The van der Waals surface area contributed by atoms with E-state index >= 15 is 0 Å². The van der Waals surface area contributed by atoms with Gasteiger partial charge in [-0.25, -0.2) is 4.98 Å². The second-order valence-corrected chi connectivity index (χ2v) is 12.0. The molecule has 6 rings (SSSR count). The van der Waals surface area contributed by atoms with Crippen molar-refractivity contribution in [2.45, 2.75) is 70.4 Å². The Morgan fingerprint density at radius 2 is 2.00 bits per heavy atom. The Morgan fingerprint density at radius 3 is 2.79 bits per heavy atom. The molecule has 7 nitrogen and oxygen atoms in total. The zero-order valence-corrected chi connectivity index (χ0v) is 23.1. The minimum absolute atomic E-state index is 0.0625. The van der Waals surface area contributed by atoms with Gasteiger partial charge in [-0.05, 0) is 37.3 Å². The molecule has 2 fully saturated rings. The molecule has 1 aliphatic carbocycles. The van der Waals surface area contributed by atoms with E-state index in [1.807, 2.05) is 36.9 Å². The van der Waals surface area contributed by atoms with E-state index in [2.05, 4.69) is 22.8 Å². The maximum atomic E-state index is 14.1. The third-order valence-electron chi connectivity index (χ3n) is 7.81. The Balaban J connectivity index is 1.28. The van der Waals surface area contributed by atoms with Crippen molar-refractivity contribution in [3.8, 4) is 28.5 Å². The average Bonchev–Trinajstić information content (AvgIpc) is 3.63.